The molecule has 74 heavy (non-hydrogen) atoms. The molecule has 20 nitrogen and oxygen atoms in total. The van der Waals surface area contributed by atoms with Crippen molar-refractivity contribution in [2.24, 2.45) is 41.4 Å². The number of hydrogen-bond donors (Lipinski definition) is 3. The number of hydrogen-bond acceptors (Lipinski definition) is 15. The highest BCUT2D eigenvalue weighted by atomic mass is 32.2. The Hall–Kier alpha value is -4.96. The van der Waals surface area contributed by atoms with Gasteiger partial charge in [0.2, 0.25) is 27.7 Å². The predicted molar refractivity (Wildman–Crippen MR) is 279 cm³/mol. The number of amides is 4. The molecule has 414 valence electrons. The molecule has 1 aromatic rings. The van der Waals surface area contributed by atoms with Crippen molar-refractivity contribution in [1.82, 2.24) is 30.1 Å². The van der Waals surface area contributed by atoms with Gasteiger partial charge in [0.15, 0.2) is 0 Å². The number of benzene rings is 1. The van der Waals surface area contributed by atoms with E-state index in [1.54, 1.807) is 31.2 Å². The van der Waals surface area contributed by atoms with Gasteiger partial charge in [-0.3, -0.25) is 44.2 Å². The van der Waals surface area contributed by atoms with Crippen LogP contribution in [0.1, 0.15) is 114 Å². The van der Waals surface area contributed by atoms with Gasteiger partial charge in [0.05, 0.1) is 41.7 Å². The first kappa shape index (κ1) is 59.9. The molecular formula is C53H83N7O13S. The van der Waals surface area contributed by atoms with E-state index in [2.05, 4.69) is 29.2 Å². The van der Waals surface area contributed by atoms with Gasteiger partial charge in [0, 0.05) is 63.1 Å². The number of carbonyl (C=O) groups excluding carboxylic acids is 5. The minimum Gasteiger partial charge on any atom is -0.399 e. The third-order valence-electron chi connectivity index (χ3n) is 15.4. The Morgan fingerprint density at radius 3 is 2.14 bits per heavy atom. The van der Waals surface area contributed by atoms with Gasteiger partial charge in [-0.05, 0) is 94.5 Å². The fraction of sp³-hybridized carbons (Fsp3) is 0.717. The van der Waals surface area contributed by atoms with Crippen LogP contribution >= 0.6 is 0 Å². The summed E-state index contributed by atoms with van der Waals surface area (Å²) in [5.41, 5.74) is -0.595. The highest BCUT2D eigenvalue weighted by Crippen LogP contribution is 2.52. The largest absolute Gasteiger partial charge is 0.519 e. The number of methoxy groups -OCH3 is 1. The number of likely N-dealkylation sites (N-methyl/N-ethyl adjacent to an activating group) is 2. The van der Waals surface area contributed by atoms with Crippen LogP contribution < -0.4 is 20.1 Å². The lowest BCUT2D eigenvalue weighted by Gasteiger charge is -2.40. The van der Waals surface area contributed by atoms with E-state index in [9.17, 15) is 42.5 Å². The zero-order chi connectivity index (χ0) is 55.0. The number of allylic oxidation sites excluding steroid dienone is 3. The van der Waals surface area contributed by atoms with E-state index < -0.39 is 61.9 Å². The van der Waals surface area contributed by atoms with Gasteiger partial charge in [-0.15, -0.1) is 0 Å². The zero-order valence-electron chi connectivity index (χ0n) is 45.8. The third kappa shape index (κ3) is 14.7. The molecular weight excluding hydrogens is 975 g/mol. The summed E-state index contributed by atoms with van der Waals surface area (Å²) < 4.78 is 51.3. The van der Waals surface area contributed by atoms with Gasteiger partial charge in [-0.25, -0.2) is 13.2 Å². The topological polar surface area (TPSA) is 245 Å². The molecule has 1 heterocycles. The predicted octanol–water partition coefficient (Wildman–Crippen LogP) is 6.16. The molecule has 1 saturated heterocycles. The monoisotopic (exact) mass is 1060 g/mol. The minimum absolute atomic E-state index is 0.0265. The number of nitrogens with zero attached hydrogens (tertiary/aromatic N) is 4. The molecule has 2 unspecified atom stereocenters. The summed E-state index contributed by atoms with van der Waals surface area (Å²) in [6.45, 7) is 18.5. The van der Waals surface area contributed by atoms with Crippen molar-refractivity contribution >= 4 is 45.5 Å². The fourth-order valence-corrected chi connectivity index (χ4v) is 12.5. The lowest BCUT2D eigenvalue weighted by atomic mass is 9.84. The molecule has 11 atom stereocenters. The Morgan fingerprint density at radius 1 is 0.919 bits per heavy atom. The van der Waals surface area contributed by atoms with Gasteiger partial charge in [0.25, 0.3) is 11.6 Å². The molecule has 21 heteroatoms. The highest BCUT2D eigenvalue weighted by Gasteiger charge is 2.62. The third-order valence-corrected chi connectivity index (χ3v) is 17.3. The molecule has 1 aromatic carbocycles. The number of carbonyl (C=O) groups is 5. The number of nitro benzene ring substituents is 1. The average Bonchev–Trinajstić information content (AvgIpc) is 4.26. The molecule has 0 bridgehead atoms. The van der Waals surface area contributed by atoms with Crippen molar-refractivity contribution in [3.63, 3.8) is 0 Å². The number of likely N-dealkylation sites (tertiary alicyclic amines) is 1. The van der Waals surface area contributed by atoms with Crippen molar-refractivity contribution in [2.45, 2.75) is 155 Å². The van der Waals surface area contributed by atoms with Crippen molar-refractivity contribution in [2.75, 3.05) is 48.1 Å². The standard InChI is InChI=1S/C53H83N7O13S/c1-14-33(6)47(58(12)50(63)45(31(2)3)55-49(62)46(32(4)5)57(10)11)35(8)27-44(61)59-25-15-16-42(59)48(70-13)36(9)29-71-30-54-53(51(64)56-74(68,69)40-22-23-40)28-41(53)37-17-24-43(34(7)26-37)73-52(65)72-39-20-18-38(19-21-39)60(66)67/h17-21,24,31-36,40-42,45-48,54H,14-16,22-23,25-30H2,1-13H3,(H,55,62)(H,56,64)/t33-,34?,35+,36-,41+,42-,45-,46-,47-,48+,53?/m0/s1. The highest BCUT2D eigenvalue weighted by molar-refractivity contribution is 7.91. The van der Waals surface area contributed by atoms with Crippen molar-refractivity contribution < 1.29 is 56.3 Å². The number of sulfonamides is 1. The second-order valence-corrected chi connectivity index (χ2v) is 24.0. The Labute approximate surface area is 438 Å². The number of rotatable bonds is 27. The first-order chi connectivity index (χ1) is 34.8. The first-order valence-corrected chi connectivity index (χ1v) is 27.8. The summed E-state index contributed by atoms with van der Waals surface area (Å²) in [6.07, 6.45) is 6.14. The Balaban J connectivity index is 1.21. The Bertz CT molecular complexity index is 2330. The first-order valence-electron chi connectivity index (χ1n) is 26.3. The Morgan fingerprint density at radius 2 is 1.58 bits per heavy atom. The van der Waals surface area contributed by atoms with Gasteiger partial charge in [-0.2, -0.15) is 0 Å². The van der Waals surface area contributed by atoms with Gasteiger partial charge >= 0.3 is 6.16 Å². The van der Waals surface area contributed by atoms with Crippen LogP contribution in [0, 0.1) is 51.5 Å². The lowest BCUT2D eigenvalue weighted by molar-refractivity contribution is -0.384. The van der Waals surface area contributed by atoms with E-state index in [4.69, 9.17) is 18.9 Å². The summed E-state index contributed by atoms with van der Waals surface area (Å²) in [6, 6.07) is 3.35. The maximum absolute atomic E-state index is 14.4. The number of nitro groups is 1. The van der Waals surface area contributed by atoms with E-state index in [0.29, 0.717) is 38.0 Å². The minimum atomic E-state index is -3.87. The molecule has 0 spiro atoms. The molecule has 0 aromatic heterocycles. The van der Waals surface area contributed by atoms with Gasteiger partial charge in [0.1, 0.15) is 23.1 Å². The molecule has 5 rings (SSSR count). The van der Waals surface area contributed by atoms with E-state index in [-0.39, 0.29) is 96.5 Å². The zero-order valence-corrected chi connectivity index (χ0v) is 46.6. The van der Waals surface area contributed by atoms with Crippen LogP contribution in [0.15, 0.2) is 47.7 Å². The summed E-state index contributed by atoms with van der Waals surface area (Å²) in [5, 5.41) is 16.7. The molecule has 3 fully saturated rings. The molecule has 3 aliphatic carbocycles. The average molecular weight is 1060 g/mol. The second-order valence-electron chi connectivity index (χ2n) is 22.1. The van der Waals surface area contributed by atoms with Crippen LogP contribution in [0.2, 0.25) is 0 Å². The summed E-state index contributed by atoms with van der Waals surface area (Å²) in [5.74, 6) is -1.87. The smallest absolute Gasteiger partial charge is 0.399 e. The maximum atomic E-state index is 14.4. The van der Waals surface area contributed by atoms with E-state index >= 15 is 0 Å². The van der Waals surface area contributed by atoms with Crippen LogP contribution in [-0.4, -0.2) is 147 Å². The van der Waals surface area contributed by atoms with Crippen molar-refractivity contribution in [3.8, 4) is 5.75 Å². The normalized spacial score (nSPS) is 23.7. The van der Waals surface area contributed by atoms with Crippen LogP contribution in [0.5, 0.6) is 5.75 Å². The van der Waals surface area contributed by atoms with E-state index in [1.165, 1.54) is 24.3 Å². The lowest BCUT2D eigenvalue weighted by Crippen LogP contribution is -2.58. The molecule has 4 amide bonds. The molecule has 3 N–H and O–H groups in total. The number of nitrogens with one attached hydrogen (secondary N) is 3. The van der Waals surface area contributed by atoms with Crippen LogP contribution in [-0.2, 0) is 43.4 Å². The van der Waals surface area contributed by atoms with Crippen molar-refractivity contribution in [3.05, 3.63) is 57.9 Å². The van der Waals surface area contributed by atoms with Crippen LogP contribution in [0.3, 0.4) is 0 Å². The summed E-state index contributed by atoms with van der Waals surface area (Å²) >= 11 is 0. The SMILES string of the molecule is CC[C@H](C)[C@@H]([C@H](C)CC(=O)N1CCC[C@H]1[C@H](OC)[C@@H](C)COCNC1(C(=O)NS(=O)(=O)C2CC2)C[C@@H]1C1=CC=C(OC(=O)Oc2ccc([N+](=O)[O-])cc2)C(C)C1)N(C)C(=O)[C@@H](NC(=O)[C@H](C(C)C)N(C)C)C(C)C. The Kier molecular flexibility index (Phi) is 20.8. The molecule has 0 radical (unpaired) electrons. The number of non-ortho nitro benzene ring substituents is 1. The van der Waals surface area contributed by atoms with Gasteiger partial charge < -0.3 is 34.1 Å². The van der Waals surface area contributed by atoms with Crippen LogP contribution in [0.25, 0.3) is 0 Å². The summed E-state index contributed by atoms with van der Waals surface area (Å²) in [4.78, 5) is 84.7. The maximum Gasteiger partial charge on any atom is 0.519 e. The van der Waals surface area contributed by atoms with Crippen molar-refractivity contribution in [1.29, 1.82) is 0 Å². The van der Waals surface area contributed by atoms with E-state index in [1.807, 2.05) is 72.4 Å². The molecule has 4 aliphatic rings. The second kappa shape index (κ2) is 25.7. The van der Waals surface area contributed by atoms with E-state index in [0.717, 1.165) is 24.8 Å². The molecule has 1 aliphatic heterocycles. The quantitative estimate of drug-likeness (QED) is 0.0223. The fourth-order valence-electron chi connectivity index (χ4n) is 11.1. The summed E-state index contributed by atoms with van der Waals surface area (Å²) in [7, 11) is 3.24. The van der Waals surface area contributed by atoms with Crippen LogP contribution in [0.4, 0.5) is 10.5 Å². The number of ether oxygens (including phenoxy) is 4. The molecule has 2 saturated carbocycles. The van der Waals surface area contributed by atoms with Gasteiger partial charge in [-0.1, -0.05) is 80.4 Å².